The molecule has 0 saturated heterocycles. The predicted molar refractivity (Wildman–Crippen MR) is 63.8 cm³/mol. The lowest BCUT2D eigenvalue weighted by Crippen LogP contribution is -2.05. The van der Waals surface area contributed by atoms with E-state index in [4.69, 9.17) is 5.11 Å². The van der Waals surface area contributed by atoms with Gasteiger partial charge in [-0.1, -0.05) is 18.2 Å². The first kappa shape index (κ1) is 14.0. The molecular formula is C14H8F4O2. The molecule has 2 aromatic carbocycles. The van der Waals surface area contributed by atoms with Gasteiger partial charge in [-0.15, -0.1) is 0 Å². The van der Waals surface area contributed by atoms with Gasteiger partial charge >= 0.3 is 12.1 Å². The van der Waals surface area contributed by atoms with E-state index in [-0.39, 0.29) is 11.1 Å². The summed E-state index contributed by atoms with van der Waals surface area (Å²) in [4.78, 5) is 10.7. The van der Waals surface area contributed by atoms with Crippen molar-refractivity contribution >= 4 is 5.97 Å². The Morgan fingerprint density at radius 2 is 1.60 bits per heavy atom. The summed E-state index contributed by atoms with van der Waals surface area (Å²) in [6.45, 7) is 0. The van der Waals surface area contributed by atoms with Crippen LogP contribution in [0.2, 0.25) is 0 Å². The fourth-order valence-electron chi connectivity index (χ4n) is 1.72. The summed E-state index contributed by atoms with van der Waals surface area (Å²) in [6.07, 6.45) is -4.60. The first-order valence-electron chi connectivity index (χ1n) is 5.49. The second-order valence-electron chi connectivity index (χ2n) is 4.07. The highest BCUT2D eigenvalue weighted by atomic mass is 19.4. The Kier molecular flexibility index (Phi) is 3.48. The van der Waals surface area contributed by atoms with E-state index in [1.54, 1.807) is 0 Å². The molecule has 104 valence electrons. The minimum atomic E-state index is -4.60. The highest BCUT2D eigenvalue weighted by Crippen LogP contribution is 2.32. The molecule has 0 heterocycles. The van der Waals surface area contributed by atoms with E-state index >= 15 is 0 Å². The van der Waals surface area contributed by atoms with Crippen LogP contribution in [0, 0.1) is 5.82 Å². The topological polar surface area (TPSA) is 37.3 Å². The first-order valence-corrected chi connectivity index (χ1v) is 5.49. The number of carboxylic acids is 1. The van der Waals surface area contributed by atoms with Crippen LogP contribution in [0.3, 0.4) is 0 Å². The highest BCUT2D eigenvalue weighted by Gasteiger charge is 2.31. The van der Waals surface area contributed by atoms with E-state index in [1.165, 1.54) is 24.3 Å². The Hall–Kier alpha value is -2.37. The van der Waals surface area contributed by atoms with Crippen molar-refractivity contribution in [2.75, 3.05) is 0 Å². The molecule has 0 aromatic heterocycles. The first-order chi connectivity index (χ1) is 9.29. The van der Waals surface area contributed by atoms with Gasteiger partial charge in [-0.2, -0.15) is 13.2 Å². The van der Waals surface area contributed by atoms with Gasteiger partial charge in [-0.25, -0.2) is 9.18 Å². The molecule has 0 aliphatic heterocycles. The van der Waals surface area contributed by atoms with Crippen molar-refractivity contribution in [1.82, 2.24) is 0 Å². The molecule has 0 bridgehead atoms. The molecular weight excluding hydrogens is 276 g/mol. The summed E-state index contributed by atoms with van der Waals surface area (Å²) in [5, 5.41) is 8.73. The fraction of sp³-hybridized carbons (Fsp3) is 0.0714. The van der Waals surface area contributed by atoms with Crippen molar-refractivity contribution in [3.63, 3.8) is 0 Å². The van der Waals surface area contributed by atoms with Gasteiger partial charge in [0.2, 0.25) is 0 Å². The number of alkyl halides is 3. The van der Waals surface area contributed by atoms with E-state index in [9.17, 15) is 22.4 Å². The highest BCUT2D eigenvalue weighted by molar-refractivity contribution is 5.88. The molecule has 0 saturated carbocycles. The summed E-state index contributed by atoms with van der Waals surface area (Å²) in [7, 11) is 0. The number of carboxylic acid groups (broad SMARTS) is 1. The molecule has 0 aliphatic carbocycles. The second-order valence-corrected chi connectivity index (χ2v) is 4.07. The van der Waals surface area contributed by atoms with Crippen molar-refractivity contribution in [2.45, 2.75) is 6.18 Å². The molecule has 0 unspecified atom stereocenters. The molecule has 0 fully saturated rings. The van der Waals surface area contributed by atoms with Gasteiger partial charge in [0.1, 0.15) is 5.82 Å². The number of halogens is 4. The van der Waals surface area contributed by atoms with Gasteiger partial charge in [0.15, 0.2) is 0 Å². The Morgan fingerprint density at radius 3 is 2.05 bits per heavy atom. The van der Waals surface area contributed by atoms with Gasteiger partial charge in [-0.05, 0) is 29.8 Å². The van der Waals surface area contributed by atoms with E-state index in [0.717, 1.165) is 12.1 Å². The van der Waals surface area contributed by atoms with Crippen LogP contribution in [0.25, 0.3) is 11.1 Å². The van der Waals surface area contributed by atoms with Crippen LogP contribution >= 0.6 is 0 Å². The number of hydrogen-bond acceptors (Lipinski definition) is 1. The normalized spacial score (nSPS) is 11.4. The maximum Gasteiger partial charge on any atom is 0.416 e. The zero-order valence-corrected chi connectivity index (χ0v) is 9.91. The third-order valence-electron chi connectivity index (χ3n) is 2.74. The lowest BCUT2D eigenvalue weighted by atomic mass is 10.0. The van der Waals surface area contributed by atoms with Crippen molar-refractivity contribution < 1.29 is 27.5 Å². The van der Waals surface area contributed by atoms with Crippen molar-refractivity contribution in [3.05, 3.63) is 59.4 Å². The number of hydrogen-bond donors (Lipinski definition) is 1. The zero-order valence-electron chi connectivity index (χ0n) is 9.91. The molecule has 2 nitrogen and oxygen atoms in total. The van der Waals surface area contributed by atoms with Crippen LogP contribution in [0.5, 0.6) is 0 Å². The molecule has 0 radical (unpaired) electrons. The third-order valence-corrected chi connectivity index (χ3v) is 2.74. The minimum absolute atomic E-state index is 0.0149. The van der Waals surface area contributed by atoms with Crippen molar-refractivity contribution in [3.8, 4) is 11.1 Å². The lowest BCUT2D eigenvalue weighted by Gasteiger charge is -2.09. The van der Waals surface area contributed by atoms with Gasteiger partial charge < -0.3 is 5.11 Å². The maximum absolute atomic E-state index is 13.7. The standard InChI is InChI=1S/C14H8F4O2/c15-12-7-10(14(16,17)18)5-6-11(12)8-1-3-9(4-2-8)13(19)20/h1-7H,(H,19,20). The van der Waals surface area contributed by atoms with Crippen LogP contribution in [0.15, 0.2) is 42.5 Å². The summed E-state index contributed by atoms with van der Waals surface area (Å²) >= 11 is 0. The van der Waals surface area contributed by atoms with Gasteiger partial charge in [-0.3, -0.25) is 0 Å². The third kappa shape index (κ3) is 2.79. The van der Waals surface area contributed by atoms with Gasteiger partial charge in [0.25, 0.3) is 0 Å². The molecule has 0 amide bonds. The lowest BCUT2D eigenvalue weighted by molar-refractivity contribution is -0.137. The fourth-order valence-corrected chi connectivity index (χ4v) is 1.72. The average Bonchev–Trinajstić information content (AvgIpc) is 2.37. The van der Waals surface area contributed by atoms with Crippen LogP contribution in [0.1, 0.15) is 15.9 Å². The number of aromatic carboxylic acids is 1. The number of carbonyl (C=O) groups is 1. The van der Waals surface area contributed by atoms with Crippen LogP contribution in [-0.2, 0) is 6.18 Å². The van der Waals surface area contributed by atoms with Gasteiger partial charge in [0, 0.05) is 5.56 Å². The molecule has 0 spiro atoms. The molecule has 6 heteroatoms. The SMILES string of the molecule is O=C(O)c1ccc(-c2ccc(C(F)(F)F)cc2F)cc1. The molecule has 0 atom stereocenters. The molecule has 0 aliphatic rings. The van der Waals surface area contributed by atoms with E-state index in [1.807, 2.05) is 0 Å². The summed E-state index contributed by atoms with van der Waals surface area (Å²) < 4.78 is 50.9. The monoisotopic (exact) mass is 284 g/mol. The van der Waals surface area contributed by atoms with E-state index in [2.05, 4.69) is 0 Å². The molecule has 20 heavy (non-hydrogen) atoms. The summed E-state index contributed by atoms with van der Waals surface area (Å²) in [5.41, 5.74) is -0.766. The largest absolute Gasteiger partial charge is 0.478 e. The Morgan fingerprint density at radius 1 is 1.00 bits per heavy atom. The van der Waals surface area contributed by atoms with Crippen molar-refractivity contribution in [1.29, 1.82) is 0 Å². The maximum atomic E-state index is 13.7. The zero-order chi connectivity index (χ0) is 14.9. The summed E-state index contributed by atoms with van der Waals surface area (Å²) in [6, 6.07) is 7.42. The smallest absolute Gasteiger partial charge is 0.416 e. The van der Waals surface area contributed by atoms with E-state index < -0.39 is 23.5 Å². The van der Waals surface area contributed by atoms with Gasteiger partial charge in [0.05, 0.1) is 11.1 Å². The quantitative estimate of drug-likeness (QED) is 0.839. The number of rotatable bonds is 2. The van der Waals surface area contributed by atoms with Crippen molar-refractivity contribution in [2.24, 2.45) is 0 Å². The van der Waals surface area contributed by atoms with E-state index in [0.29, 0.717) is 11.6 Å². The second kappa shape index (κ2) is 4.96. The molecule has 1 N–H and O–H groups in total. The Labute approximate surface area is 111 Å². The van der Waals surface area contributed by atoms with Crippen LogP contribution in [0.4, 0.5) is 17.6 Å². The Balaban J connectivity index is 2.41. The number of benzene rings is 2. The Bertz CT molecular complexity index is 645. The van der Waals surface area contributed by atoms with Crippen LogP contribution in [-0.4, -0.2) is 11.1 Å². The predicted octanol–water partition coefficient (Wildman–Crippen LogP) is 4.21. The summed E-state index contributed by atoms with van der Waals surface area (Å²) in [5.74, 6) is -2.15. The average molecular weight is 284 g/mol. The minimum Gasteiger partial charge on any atom is -0.478 e. The van der Waals surface area contributed by atoms with Crippen LogP contribution < -0.4 is 0 Å². The molecule has 2 aromatic rings. The molecule has 2 rings (SSSR count).